The highest BCUT2D eigenvalue weighted by Gasteiger charge is 2.08. The molecule has 0 aromatic carbocycles. The normalized spacial score (nSPS) is 12.4. The number of carbonyl (C=O) groups excluding carboxylic acids is 1. The van der Waals surface area contributed by atoms with Crippen molar-refractivity contribution in [3.63, 3.8) is 0 Å². The molecule has 0 aliphatic heterocycles. The molecule has 3 N–H and O–H groups in total. The topological polar surface area (TPSA) is 76.2 Å². The van der Waals surface area contributed by atoms with Crippen LogP contribution in [0, 0.1) is 0 Å². The zero-order valence-corrected chi connectivity index (χ0v) is 7.18. The Morgan fingerprint density at radius 3 is 2.92 bits per heavy atom. The summed E-state index contributed by atoms with van der Waals surface area (Å²) in [6.07, 6.45) is 1.40. The second-order valence-electron chi connectivity index (χ2n) is 2.78. The van der Waals surface area contributed by atoms with Crippen molar-refractivity contribution in [2.24, 2.45) is 5.73 Å². The predicted molar refractivity (Wildman–Crippen MR) is 47.6 cm³/mol. The van der Waals surface area contributed by atoms with E-state index in [0.29, 0.717) is 12.1 Å². The second kappa shape index (κ2) is 4.57. The average Bonchev–Trinajstić information content (AvgIpc) is 2.15. The summed E-state index contributed by atoms with van der Waals surface area (Å²) in [5.41, 5.74) is 5.52. The van der Waals surface area contributed by atoms with Gasteiger partial charge in [-0.25, -0.2) is 0 Å². The summed E-state index contributed by atoms with van der Waals surface area (Å²) in [5.74, 6) is -0.407. The van der Waals surface area contributed by atoms with Crippen LogP contribution in [-0.4, -0.2) is 16.0 Å². The minimum absolute atomic E-state index is 0.178. The van der Waals surface area contributed by atoms with Gasteiger partial charge in [0.1, 0.15) is 0 Å². The van der Waals surface area contributed by atoms with E-state index in [9.17, 15) is 9.90 Å². The van der Waals surface area contributed by atoms with Gasteiger partial charge in [-0.15, -0.1) is 0 Å². The van der Waals surface area contributed by atoms with E-state index in [1.165, 1.54) is 0 Å². The van der Waals surface area contributed by atoms with Crippen LogP contribution in [-0.2, 0) is 4.79 Å². The largest absolute Gasteiger partial charge is 0.387 e. The fourth-order valence-corrected chi connectivity index (χ4v) is 1.000. The van der Waals surface area contributed by atoms with Crippen LogP contribution in [0.25, 0.3) is 0 Å². The van der Waals surface area contributed by atoms with E-state index in [-0.39, 0.29) is 6.42 Å². The number of primary amides is 1. The third-order valence-electron chi connectivity index (χ3n) is 1.69. The quantitative estimate of drug-likeness (QED) is 0.703. The number of nitrogens with zero attached hydrogens (tertiary/aromatic N) is 1. The van der Waals surface area contributed by atoms with Crippen molar-refractivity contribution in [1.82, 2.24) is 4.98 Å². The molecule has 70 valence electrons. The molecule has 1 amide bonds. The molecule has 4 nitrogen and oxygen atoms in total. The molecular formula is C9H12N2O2. The van der Waals surface area contributed by atoms with Crippen LogP contribution in [0.5, 0.6) is 0 Å². The van der Waals surface area contributed by atoms with Crippen LogP contribution >= 0.6 is 0 Å². The molecule has 0 radical (unpaired) electrons. The van der Waals surface area contributed by atoms with E-state index in [1.807, 2.05) is 0 Å². The molecule has 0 saturated carbocycles. The highest BCUT2D eigenvalue weighted by molar-refractivity contribution is 5.73. The molecule has 1 unspecified atom stereocenters. The summed E-state index contributed by atoms with van der Waals surface area (Å²) < 4.78 is 0. The minimum atomic E-state index is -0.700. The summed E-state index contributed by atoms with van der Waals surface area (Å²) in [6, 6.07) is 5.27. The highest BCUT2D eigenvalue weighted by Crippen LogP contribution is 2.14. The molecule has 0 aliphatic carbocycles. The zero-order valence-electron chi connectivity index (χ0n) is 7.18. The molecule has 1 aromatic rings. The maximum Gasteiger partial charge on any atom is 0.217 e. The minimum Gasteiger partial charge on any atom is -0.387 e. The van der Waals surface area contributed by atoms with Gasteiger partial charge in [0.15, 0.2) is 0 Å². The molecule has 0 fully saturated rings. The summed E-state index contributed by atoms with van der Waals surface area (Å²) in [6.45, 7) is 0. The Balaban J connectivity index is 2.49. The van der Waals surface area contributed by atoms with Crippen molar-refractivity contribution in [1.29, 1.82) is 0 Å². The van der Waals surface area contributed by atoms with E-state index in [1.54, 1.807) is 24.4 Å². The van der Waals surface area contributed by atoms with Crippen molar-refractivity contribution in [2.45, 2.75) is 18.9 Å². The predicted octanol–water partition coefficient (Wildman–Crippen LogP) is 0.380. The van der Waals surface area contributed by atoms with Crippen molar-refractivity contribution in [2.75, 3.05) is 0 Å². The fraction of sp³-hybridized carbons (Fsp3) is 0.333. The van der Waals surface area contributed by atoms with Crippen LogP contribution in [0.3, 0.4) is 0 Å². The molecule has 1 atom stereocenters. The van der Waals surface area contributed by atoms with Crippen molar-refractivity contribution in [3.8, 4) is 0 Å². The molecule has 0 aliphatic rings. The standard InChI is InChI=1S/C9H12N2O2/c10-9(13)5-4-8(12)7-3-1-2-6-11-7/h1-3,6,8,12H,4-5H2,(H2,10,13). The number of pyridine rings is 1. The Kier molecular flexibility index (Phi) is 3.40. The Morgan fingerprint density at radius 1 is 1.62 bits per heavy atom. The van der Waals surface area contributed by atoms with E-state index >= 15 is 0 Å². The second-order valence-corrected chi connectivity index (χ2v) is 2.78. The van der Waals surface area contributed by atoms with Gasteiger partial charge in [0.05, 0.1) is 11.8 Å². The van der Waals surface area contributed by atoms with Gasteiger partial charge in [-0.05, 0) is 18.6 Å². The third kappa shape index (κ3) is 3.21. The Labute approximate surface area is 76.4 Å². The van der Waals surface area contributed by atoms with E-state index in [0.717, 1.165) is 0 Å². The number of aromatic nitrogens is 1. The summed E-state index contributed by atoms with van der Waals surface area (Å²) in [4.78, 5) is 14.4. The number of hydrogen-bond acceptors (Lipinski definition) is 3. The fourth-order valence-electron chi connectivity index (χ4n) is 1.000. The van der Waals surface area contributed by atoms with Gasteiger partial charge < -0.3 is 10.8 Å². The third-order valence-corrected chi connectivity index (χ3v) is 1.69. The lowest BCUT2D eigenvalue weighted by Gasteiger charge is -2.07. The number of rotatable bonds is 4. The molecule has 1 rings (SSSR count). The monoisotopic (exact) mass is 180 g/mol. The number of aliphatic hydroxyl groups excluding tert-OH is 1. The molecule has 0 saturated heterocycles. The van der Waals surface area contributed by atoms with Crippen LogP contribution in [0.2, 0.25) is 0 Å². The lowest BCUT2D eigenvalue weighted by atomic mass is 10.1. The van der Waals surface area contributed by atoms with Gasteiger partial charge >= 0.3 is 0 Å². The smallest absolute Gasteiger partial charge is 0.217 e. The van der Waals surface area contributed by atoms with Gasteiger partial charge in [0.25, 0.3) is 0 Å². The summed E-state index contributed by atoms with van der Waals surface area (Å²) in [7, 11) is 0. The Morgan fingerprint density at radius 2 is 2.38 bits per heavy atom. The lowest BCUT2D eigenvalue weighted by molar-refractivity contribution is -0.118. The van der Waals surface area contributed by atoms with Crippen LogP contribution in [0.1, 0.15) is 24.6 Å². The first-order valence-electron chi connectivity index (χ1n) is 4.07. The maximum atomic E-state index is 10.4. The van der Waals surface area contributed by atoms with Crippen molar-refractivity contribution in [3.05, 3.63) is 30.1 Å². The molecule has 13 heavy (non-hydrogen) atoms. The van der Waals surface area contributed by atoms with Gasteiger partial charge in [-0.2, -0.15) is 0 Å². The molecule has 1 heterocycles. The molecule has 0 bridgehead atoms. The van der Waals surface area contributed by atoms with Crippen molar-refractivity contribution < 1.29 is 9.90 Å². The van der Waals surface area contributed by atoms with Crippen molar-refractivity contribution >= 4 is 5.91 Å². The van der Waals surface area contributed by atoms with Gasteiger partial charge in [0, 0.05) is 12.6 Å². The number of hydrogen-bond donors (Lipinski definition) is 2. The van der Waals surface area contributed by atoms with Crippen LogP contribution < -0.4 is 5.73 Å². The lowest BCUT2D eigenvalue weighted by Crippen LogP contribution is -2.12. The summed E-state index contributed by atoms with van der Waals surface area (Å²) >= 11 is 0. The number of carbonyl (C=O) groups is 1. The Bertz CT molecular complexity index is 274. The highest BCUT2D eigenvalue weighted by atomic mass is 16.3. The first-order valence-corrected chi connectivity index (χ1v) is 4.07. The molecule has 1 aromatic heterocycles. The number of aliphatic hydroxyl groups is 1. The number of amides is 1. The average molecular weight is 180 g/mol. The molecule has 4 heteroatoms. The zero-order chi connectivity index (χ0) is 9.68. The van der Waals surface area contributed by atoms with Gasteiger partial charge in [-0.3, -0.25) is 9.78 Å². The van der Waals surface area contributed by atoms with Crippen LogP contribution in [0.4, 0.5) is 0 Å². The first-order chi connectivity index (χ1) is 6.20. The first kappa shape index (κ1) is 9.67. The summed E-state index contributed by atoms with van der Waals surface area (Å²) in [5, 5.41) is 9.50. The molecular weight excluding hydrogens is 168 g/mol. The SMILES string of the molecule is NC(=O)CCC(O)c1ccccn1. The van der Waals surface area contributed by atoms with E-state index in [4.69, 9.17) is 5.73 Å². The van der Waals surface area contributed by atoms with Gasteiger partial charge in [-0.1, -0.05) is 6.07 Å². The van der Waals surface area contributed by atoms with E-state index < -0.39 is 12.0 Å². The molecule has 0 spiro atoms. The van der Waals surface area contributed by atoms with E-state index in [2.05, 4.69) is 4.98 Å². The van der Waals surface area contributed by atoms with Crippen LogP contribution in [0.15, 0.2) is 24.4 Å². The Hall–Kier alpha value is -1.42. The van der Waals surface area contributed by atoms with Gasteiger partial charge in [0.2, 0.25) is 5.91 Å². The number of nitrogens with two attached hydrogens (primary N) is 1. The maximum absolute atomic E-state index is 10.4.